The Balaban J connectivity index is 1.63. The molecule has 1 aliphatic heterocycles. The number of rotatable bonds is 5. The molecule has 0 radical (unpaired) electrons. The Morgan fingerprint density at radius 1 is 1.14 bits per heavy atom. The number of aromatic nitrogens is 1. The summed E-state index contributed by atoms with van der Waals surface area (Å²) in [5, 5.41) is 5.45. The Bertz CT molecular complexity index is 891. The maximum absolute atomic E-state index is 13.0. The third-order valence-corrected chi connectivity index (χ3v) is 7.12. The second-order valence-electron chi connectivity index (χ2n) is 7.16. The minimum atomic E-state index is -3.55. The Kier molecular flexibility index (Phi) is 6.31. The molecule has 0 spiro atoms. The Morgan fingerprint density at radius 2 is 1.82 bits per heavy atom. The SMILES string of the molecule is CC1CCCC(C)N1S(=O)(=O)c1ccc(NC(=O)NCc2cccnc2)cc1. The second kappa shape index (κ2) is 8.70. The number of carbonyl (C=O) groups excluding carboxylic acids is 1. The molecule has 0 bridgehead atoms. The van der Waals surface area contributed by atoms with Crippen LogP contribution < -0.4 is 10.6 Å². The van der Waals surface area contributed by atoms with Gasteiger partial charge in [0.25, 0.3) is 0 Å². The number of hydrogen-bond donors (Lipinski definition) is 2. The Morgan fingerprint density at radius 3 is 2.43 bits per heavy atom. The standard InChI is InChI=1S/C20H26N4O3S/c1-15-5-3-6-16(2)24(15)28(26,27)19-10-8-18(9-11-19)23-20(25)22-14-17-7-4-12-21-13-17/h4,7-13,15-16H,3,5-6,14H2,1-2H3,(H2,22,23,25). The average Bonchev–Trinajstić information content (AvgIpc) is 2.67. The van der Waals surface area contributed by atoms with E-state index in [1.165, 1.54) is 0 Å². The lowest BCUT2D eigenvalue weighted by Gasteiger charge is -2.37. The van der Waals surface area contributed by atoms with E-state index in [-0.39, 0.29) is 23.0 Å². The third-order valence-electron chi connectivity index (χ3n) is 4.98. The normalized spacial score (nSPS) is 20.5. The van der Waals surface area contributed by atoms with Crippen molar-refractivity contribution < 1.29 is 13.2 Å². The van der Waals surface area contributed by atoms with Crippen LogP contribution in [0.5, 0.6) is 0 Å². The van der Waals surface area contributed by atoms with E-state index in [4.69, 9.17) is 0 Å². The summed E-state index contributed by atoms with van der Waals surface area (Å²) in [7, 11) is -3.55. The molecule has 1 aliphatic rings. The number of carbonyl (C=O) groups is 1. The summed E-state index contributed by atoms with van der Waals surface area (Å²) < 4.78 is 27.7. The Hall–Kier alpha value is -2.45. The van der Waals surface area contributed by atoms with Gasteiger partial charge < -0.3 is 10.6 Å². The zero-order valence-electron chi connectivity index (χ0n) is 16.1. The van der Waals surface area contributed by atoms with Crippen molar-refractivity contribution in [2.45, 2.75) is 56.6 Å². The van der Waals surface area contributed by atoms with Gasteiger partial charge in [-0.05, 0) is 62.6 Å². The molecule has 3 rings (SSSR count). The number of piperidine rings is 1. The van der Waals surface area contributed by atoms with E-state index in [1.807, 2.05) is 19.9 Å². The van der Waals surface area contributed by atoms with Crippen LogP contribution in [0.15, 0.2) is 53.7 Å². The molecule has 0 aliphatic carbocycles. The van der Waals surface area contributed by atoms with Crippen LogP contribution in [-0.4, -0.2) is 35.8 Å². The summed E-state index contributed by atoms with van der Waals surface area (Å²) in [6.07, 6.45) is 6.15. The van der Waals surface area contributed by atoms with E-state index in [2.05, 4.69) is 15.6 Å². The zero-order valence-corrected chi connectivity index (χ0v) is 16.9. The first-order valence-electron chi connectivity index (χ1n) is 9.45. The predicted octanol–water partition coefficient (Wildman–Crippen LogP) is 3.35. The van der Waals surface area contributed by atoms with Crippen LogP contribution >= 0.6 is 0 Å². The van der Waals surface area contributed by atoms with Crippen molar-refractivity contribution in [3.05, 3.63) is 54.4 Å². The molecule has 2 heterocycles. The van der Waals surface area contributed by atoms with Crippen molar-refractivity contribution in [2.24, 2.45) is 0 Å². The molecule has 8 heteroatoms. The van der Waals surface area contributed by atoms with Crippen LogP contribution in [0.25, 0.3) is 0 Å². The molecular weight excluding hydrogens is 376 g/mol. The van der Waals surface area contributed by atoms with Crippen LogP contribution in [0.1, 0.15) is 38.7 Å². The van der Waals surface area contributed by atoms with Gasteiger partial charge in [0.2, 0.25) is 10.0 Å². The number of urea groups is 1. The Labute approximate surface area is 166 Å². The van der Waals surface area contributed by atoms with E-state index < -0.39 is 10.0 Å². The van der Waals surface area contributed by atoms with Gasteiger partial charge in [-0.2, -0.15) is 4.31 Å². The van der Waals surface area contributed by atoms with E-state index >= 15 is 0 Å². The molecule has 1 saturated heterocycles. The largest absolute Gasteiger partial charge is 0.334 e. The second-order valence-corrected chi connectivity index (χ2v) is 9.00. The van der Waals surface area contributed by atoms with Gasteiger partial charge in [0, 0.05) is 36.7 Å². The van der Waals surface area contributed by atoms with E-state index in [1.54, 1.807) is 47.0 Å². The minimum Gasteiger partial charge on any atom is -0.334 e. The van der Waals surface area contributed by atoms with Crippen LogP contribution in [-0.2, 0) is 16.6 Å². The van der Waals surface area contributed by atoms with Crippen molar-refractivity contribution >= 4 is 21.7 Å². The van der Waals surface area contributed by atoms with Crippen LogP contribution in [0.2, 0.25) is 0 Å². The molecule has 2 atom stereocenters. The average molecular weight is 403 g/mol. The van der Waals surface area contributed by atoms with Gasteiger partial charge in [0.15, 0.2) is 0 Å². The molecule has 1 aromatic heterocycles. The fourth-order valence-corrected chi connectivity index (χ4v) is 5.45. The number of amides is 2. The number of benzene rings is 1. The molecule has 1 fully saturated rings. The summed E-state index contributed by atoms with van der Waals surface area (Å²) in [6, 6.07) is 9.59. The first-order chi connectivity index (χ1) is 13.4. The van der Waals surface area contributed by atoms with Crippen molar-refractivity contribution in [2.75, 3.05) is 5.32 Å². The van der Waals surface area contributed by atoms with E-state index in [0.29, 0.717) is 12.2 Å². The predicted molar refractivity (Wildman–Crippen MR) is 108 cm³/mol. The van der Waals surface area contributed by atoms with Crippen molar-refractivity contribution in [3.8, 4) is 0 Å². The molecule has 28 heavy (non-hydrogen) atoms. The fourth-order valence-electron chi connectivity index (χ4n) is 3.56. The van der Waals surface area contributed by atoms with Crippen LogP contribution in [0.3, 0.4) is 0 Å². The molecule has 2 amide bonds. The van der Waals surface area contributed by atoms with Gasteiger partial charge in [-0.3, -0.25) is 4.98 Å². The molecule has 0 saturated carbocycles. The van der Waals surface area contributed by atoms with Crippen LogP contribution in [0, 0.1) is 0 Å². The highest BCUT2D eigenvalue weighted by Gasteiger charge is 2.35. The summed E-state index contributed by atoms with van der Waals surface area (Å²) >= 11 is 0. The summed E-state index contributed by atoms with van der Waals surface area (Å²) in [4.78, 5) is 16.3. The monoisotopic (exact) mass is 402 g/mol. The van der Waals surface area contributed by atoms with E-state index in [0.717, 1.165) is 24.8 Å². The van der Waals surface area contributed by atoms with Gasteiger partial charge in [-0.15, -0.1) is 0 Å². The number of hydrogen-bond acceptors (Lipinski definition) is 4. The highest BCUT2D eigenvalue weighted by molar-refractivity contribution is 7.89. The maximum atomic E-state index is 13.0. The van der Waals surface area contributed by atoms with Gasteiger partial charge in [0.05, 0.1) is 4.90 Å². The smallest absolute Gasteiger partial charge is 0.319 e. The lowest BCUT2D eigenvalue weighted by Crippen LogP contribution is -2.47. The number of sulfonamides is 1. The van der Waals surface area contributed by atoms with Gasteiger partial charge in [0.1, 0.15) is 0 Å². The highest BCUT2D eigenvalue weighted by Crippen LogP contribution is 2.29. The van der Waals surface area contributed by atoms with Crippen molar-refractivity contribution in [3.63, 3.8) is 0 Å². The third kappa shape index (κ3) is 4.69. The summed E-state index contributed by atoms with van der Waals surface area (Å²) in [5.41, 5.74) is 1.42. The first kappa shape index (κ1) is 20.3. The molecular formula is C20H26N4O3S. The highest BCUT2D eigenvalue weighted by atomic mass is 32.2. The van der Waals surface area contributed by atoms with Gasteiger partial charge >= 0.3 is 6.03 Å². The number of nitrogens with zero attached hydrogens (tertiary/aromatic N) is 2. The first-order valence-corrected chi connectivity index (χ1v) is 10.9. The molecule has 150 valence electrons. The number of anilines is 1. The topological polar surface area (TPSA) is 91.4 Å². The zero-order chi connectivity index (χ0) is 20.1. The van der Waals surface area contributed by atoms with E-state index in [9.17, 15) is 13.2 Å². The molecule has 1 aromatic carbocycles. The quantitative estimate of drug-likeness (QED) is 0.802. The fraction of sp³-hybridized carbons (Fsp3) is 0.400. The van der Waals surface area contributed by atoms with Crippen molar-refractivity contribution in [1.29, 1.82) is 0 Å². The molecule has 2 N–H and O–H groups in total. The van der Waals surface area contributed by atoms with Gasteiger partial charge in [-0.25, -0.2) is 13.2 Å². The number of nitrogens with one attached hydrogen (secondary N) is 2. The summed E-state index contributed by atoms with van der Waals surface area (Å²) in [5.74, 6) is 0. The van der Waals surface area contributed by atoms with Gasteiger partial charge in [-0.1, -0.05) is 12.5 Å². The van der Waals surface area contributed by atoms with Crippen molar-refractivity contribution in [1.82, 2.24) is 14.6 Å². The minimum absolute atomic E-state index is 0.00944. The lowest BCUT2D eigenvalue weighted by molar-refractivity contribution is 0.204. The van der Waals surface area contributed by atoms with Crippen LogP contribution in [0.4, 0.5) is 10.5 Å². The maximum Gasteiger partial charge on any atom is 0.319 e. The molecule has 7 nitrogen and oxygen atoms in total. The molecule has 2 unspecified atom stereocenters. The summed E-state index contributed by atoms with van der Waals surface area (Å²) in [6.45, 7) is 4.27. The lowest BCUT2D eigenvalue weighted by atomic mass is 10.0. The molecule has 2 aromatic rings. The number of pyridine rings is 1.